The van der Waals surface area contributed by atoms with Crippen molar-refractivity contribution in [1.82, 2.24) is 5.32 Å². The first-order valence-corrected chi connectivity index (χ1v) is 8.16. The highest BCUT2D eigenvalue weighted by molar-refractivity contribution is 7.99. The van der Waals surface area contributed by atoms with Crippen molar-refractivity contribution in [2.45, 2.75) is 50.6 Å². The number of nitrogens with one attached hydrogen (secondary N) is 1. The van der Waals surface area contributed by atoms with Gasteiger partial charge in [-0.05, 0) is 48.3 Å². The van der Waals surface area contributed by atoms with Crippen LogP contribution < -0.4 is 5.32 Å². The van der Waals surface area contributed by atoms with Gasteiger partial charge in [-0.25, -0.2) is 0 Å². The minimum Gasteiger partial charge on any atom is -0.307 e. The second kappa shape index (κ2) is 6.31. The predicted octanol–water partition coefficient (Wildman–Crippen LogP) is 4.90. The Morgan fingerprint density at radius 3 is 2.89 bits per heavy atom. The van der Waals surface area contributed by atoms with Gasteiger partial charge in [0.1, 0.15) is 0 Å². The average Bonchev–Trinajstić information content (AvgIpc) is 2.35. The van der Waals surface area contributed by atoms with Crippen molar-refractivity contribution < 1.29 is 0 Å². The maximum absolute atomic E-state index is 6.14. The number of thioether (sulfide) groups is 1. The fraction of sp³-hybridized carbons (Fsp3) is 0.600. The van der Waals surface area contributed by atoms with E-state index in [0.717, 1.165) is 5.02 Å². The van der Waals surface area contributed by atoms with Crippen LogP contribution in [0, 0.1) is 5.92 Å². The van der Waals surface area contributed by atoms with Crippen LogP contribution in [0.15, 0.2) is 23.1 Å². The third-order valence-electron chi connectivity index (χ3n) is 3.67. The van der Waals surface area contributed by atoms with Gasteiger partial charge in [-0.15, -0.1) is 11.8 Å². The summed E-state index contributed by atoms with van der Waals surface area (Å²) in [5.41, 5.74) is 1.39. The number of hydrogen-bond acceptors (Lipinski definition) is 2. The van der Waals surface area contributed by atoms with Gasteiger partial charge in [-0.3, -0.25) is 0 Å². The number of halogens is 1. The lowest BCUT2D eigenvalue weighted by atomic mass is 9.97. The van der Waals surface area contributed by atoms with Gasteiger partial charge in [0.15, 0.2) is 0 Å². The molecule has 1 aliphatic heterocycles. The molecule has 1 heterocycles. The summed E-state index contributed by atoms with van der Waals surface area (Å²) in [5.74, 6) is 1.87. The molecule has 0 aliphatic carbocycles. The molecule has 100 valence electrons. The predicted molar refractivity (Wildman–Crippen MR) is 81.6 cm³/mol. The maximum atomic E-state index is 6.14. The van der Waals surface area contributed by atoms with Crippen molar-refractivity contribution in [3.63, 3.8) is 0 Å². The van der Waals surface area contributed by atoms with Gasteiger partial charge < -0.3 is 5.32 Å². The molecule has 0 fully saturated rings. The van der Waals surface area contributed by atoms with Crippen LogP contribution in [0.5, 0.6) is 0 Å². The molecule has 0 spiro atoms. The lowest BCUT2D eigenvalue weighted by Gasteiger charge is -2.31. The van der Waals surface area contributed by atoms with E-state index < -0.39 is 0 Å². The van der Waals surface area contributed by atoms with Crippen molar-refractivity contribution in [3.05, 3.63) is 28.8 Å². The molecule has 1 aliphatic rings. The van der Waals surface area contributed by atoms with Crippen molar-refractivity contribution in [3.8, 4) is 0 Å². The highest BCUT2D eigenvalue weighted by atomic mass is 35.5. The van der Waals surface area contributed by atoms with E-state index in [-0.39, 0.29) is 0 Å². The van der Waals surface area contributed by atoms with Gasteiger partial charge in [0.05, 0.1) is 0 Å². The second-order valence-corrected chi connectivity index (χ2v) is 6.87. The Hall–Kier alpha value is -0.180. The summed E-state index contributed by atoms with van der Waals surface area (Å²) >= 11 is 8.08. The Morgan fingerprint density at radius 2 is 2.22 bits per heavy atom. The Balaban J connectivity index is 2.19. The summed E-state index contributed by atoms with van der Waals surface area (Å²) in [7, 11) is 0. The topological polar surface area (TPSA) is 12.0 Å². The van der Waals surface area contributed by atoms with E-state index >= 15 is 0 Å². The van der Waals surface area contributed by atoms with Gasteiger partial charge >= 0.3 is 0 Å². The van der Waals surface area contributed by atoms with E-state index in [2.05, 4.69) is 38.2 Å². The van der Waals surface area contributed by atoms with E-state index in [1.54, 1.807) is 0 Å². The fourth-order valence-electron chi connectivity index (χ4n) is 2.58. The average molecular weight is 284 g/mol. The molecule has 0 saturated carbocycles. The molecule has 1 N–H and O–H groups in total. The molecule has 1 nitrogen and oxygen atoms in total. The van der Waals surface area contributed by atoms with Crippen LogP contribution in [0.2, 0.25) is 5.02 Å². The monoisotopic (exact) mass is 283 g/mol. The molecule has 0 bridgehead atoms. The van der Waals surface area contributed by atoms with Gasteiger partial charge in [-0.1, -0.05) is 32.4 Å². The lowest BCUT2D eigenvalue weighted by Crippen LogP contribution is -2.37. The lowest BCUT2D eigenvalue weighted by molar-refractivity contribution is 0.338. The third kappa shape index (κ3) is 3.23. The van der Waals surface area contributed by atoms with Crippen molar-refractivity contribution >= 4 is 23.4 Å². The van der Waals surface area contributed by atoms with Gasteiger partial charge in [0.25, 0.3) is 0 Å². The molecule has 1 aromatic rings. The Bertz CT molecular complexity index is 405. The van der Waals surface area contributed by atoms with Crippen LogP contribution in [0.4, 0.5) is 0 Å². The second-order valence-electron chi connectivity index (χ2n) is 5.30. The molecule has 0 aromatic heterocycles. The quantitative estimate of drug-likeness (QED) is 0.843. The van der Waals surface area contributed by atoms with E-state index in [1.165, 1.54) is 29.1 Å². The summed E-state index contributed by atoms with van der Waals surface area (Å²) < 4.78 is 0. The molecule has 2 unspecified atom stereocenters. The molecule has 0 amide bonds. The van der Waals surface area contributed by atoms with E-state index in [9.17, 15) is 0 Å². The third-order valence-corrected chi connectivity index (χ3v) is 5.03. The summed E-state index contributed by atoms with van der Waals surface area (Å²) in [6.07, 6.45) is 2.37. The first-order valence-electron chi connectivity index (χ1n) is 6.80. The minimum absolute atomic E-state index is 0.465. The standard InChI is InChI=1S/C15H22ClNS/c1-4-13(10(2)3)17-14-7-8-18-15-6-5-11(16)9-12(14)15/h5-6,9-10,13-14,17H,4,7-8H2,1-3H3. The van der Waals surface area contributed by atoms with Crippen LogP contribution in [0.25, 0.3) is 0 Å². The van der Waals surface area contributed by atoms with Crippen LogP contribution in [0.3, 0.4) is 0 Å². The van der Waals surface area contributed by atoms with Gasteiger partial charge in [0, 0.05) is 22.0 Å². The number of hydrogen-bond donors (Lipinski definition) is 1. The Labute approximate surface area is 120 Å². The largest absolute Gasteiger partial charge is 0.307 e. The molecule has 0 saturated heterocycles. The Kier molecular flexibility index (Phi) is 4.99. The number of benzene rings is 1. The highest BCUT2D eigenvalue weighted by Crippen LogP contribution is 2.38. The molecular weight excluding hydrogens is 262 g/mol. The van der Waals surface area contributed by atoms with Crippen LogP contribution >= 0.6 is 23.4 Å². The summed E-state index contributed by atoms with van der Waals surface area (Å²) in [6.45, 7) is 6.84. The molecule has 2 atom stereocenters. The number of fused-ring (bicyclic) bond motifs is 1. The molecule has 2 rings (SSSR count). The fourth-order valence-corrected chi connectivity index (χ4v) is 3.86. The van der Waals surface area contributed by atoms with E-state index in [4.69, 9.17) is 11.6 Å². The zero-order chi connectivity index (χ0) is 13.1. The Morgan fingerprint density at radius 1 is 1.44 bits per heavy atom. The summed E-state index contributed by atoms with van der Waals surface area (Å²) in [4.78, 5) is 1.39. The van der Waals surface area contributed by atoms with Crippen LogP contribution in [-0.2, 0) is 0 Å². The van der Waals surface area contributed by atoms with Crippen LogP contribution in [-0.4, -0.2) is 11.8 Å². The SMILES string of the molecule is CCC(NC1CCSc2ccc(Cl)cc21)C(C)C. The molecule has 18 heavy (non-hydrogen) atoms. The first kappa shape index (κ1) is 14.2. The summed E-state index contributed by atoms with van der Waals surface area (Å²) in [5, 5.41) is 4.66. The molecule has 0 radical (unpaired) electrons. The van der Waals surface area contributed by atoms with Crippen molar-refractivity contribution in [2.24, 2.45) is 5.92 Å². The van der Waals surface area contributed by atoms with Gasteiger partial charge in [0.2, 0.25) is 0 Å². The van der Waals surface area contributed by atoms with Crippen LogP contribution in [0.1, 0.15) is 45.2 Å². The zero-order valence-electron chi connectivity index (χ0n) is 11.4. The first-order chi connectivity index (χ1) is 8.61. The summed E-state index contributed by atoms with van der Waals surface area (Å²) in [6, 6.07) is 7.34. The highest BCUT2D eigenvalue weighted by Gasteiger charge is 2.24. The van der Waals surface area contributed by atoms with E-state index in [0.29, 0.717) is 18.0 Å². The number of rotatable bonds is 4. The maximum Gasteiger partial charge on any atom is 0.0410 e. The smallest absolute Gasteiger partial charge is 0.0410 e. The van der Waals surface area contributed by atoms with Gasteiger partial charge in [-0.2, -0.15) is 0 Å². The van der Waals surface area contributed by atoms with Crippen molar-refractivity contribution in [2.75, 3.05) is 5.75 Å². The molecule has 3 heteroatoms. The molecule has 1 aromatic carbocycles. The zero-order valence-corrected chi connectivity index (χ0v) is 12.9. The molecular formula is C15H22ClNS. The van der Waals surface area contributed by atoms with Crippen molar-refractivity contribution in [1.29, 1.82) is 0 Å². The minimum atomic E-state index is 0.465. The van der Waals surface area contributed by atoms with E-state index in [1.807, 2.05) is 17.8 Å². The normalized spacial score (nSPS) is 20.8.